The van der Waals surface area contributed by atoms with Crippen LogP contribution in [0.25, 0.3) is 0 Å². The second-order valence-electron chi connectivity index (χ2n) is 5.46. The SMILES string of the molecule is C=C/C(F)=C(\NC)C1(CNc2ccc(C(=O)OC)nn2)CCC1. The molecule has 23 heavy (non-hydrogen) atoms. The van der Waals surface area contributed by atoms with Gasteiger partial charge in [0.15, 0.2) is 5.69 Å². The average Bonchev–Trinajstić information content (AvgIpc) is 2.56. The van der Waals surface area contributed by atoms with E-state index >= 15 is 0 Å². The highest BCUT2D eigenvalue weighted by molar-refractivity contribution is 5.86. The molecular formula is C16H21FN4O2. The third-order valence-electron chi connectivity index (χ3n) is 4.18. The van der Waals surface area contributed by atoms with Crippen LogP contribution in [-0.2, 0) is 4.74 Å². The molecule has 6 nitrogen and oxygen atoms in total. The van der Waals surface area contributed by atoms with Gasteiger partial charge in [-0.05, 0) is 31.1 Å². The van der Waals surface area contributed by atoms with E-state index in [9.17, 15) is 9.18 Å². The fourth-order valence-corrected chi connectivity index (χ4v) is 2.76. The number of aromatic nitrogens is 2. The summed E-state index contributed by atoms with van der Waals surface area (Å²) in [4.78, 5) is 11.3. The Morgan fingerprint density at radius 2 is 2.22 bits per heavy atom. The molecule has 2 rings (SSSR count). The molecule has 0 atom stereocenters. The molecule has 124 valence electrons. The molecule has 1 fully saturated rings. The molecule has 0 unspecified atom stereocenters. The van der Waals surface area contributed by atoms with Crippen molar-refractivity contribution in [2.24, 2.45) is 5.41 Å². The predicted molar refractivity (Wildman–Crippen MR) is 85.5 cm³/mol. The van der Waals surface area contributed by atoms with E-state index in [1.807, 2.05) is 0 Å². The Balaban J connectivity index is 2.09. The Morgan fingerprint density at radius 1 is 1.48 bits per heavy atom. The number of allylic oxidation sites excluding steroid dienone is 2. The Bertz CT molecular complexity index is 609. The van der Waals surface area contributed by atoms with Crippen molar-refractivity contribution >= 4 is 11.8 Å². The van der Waals surface area contributed by atoms with E-state index in [1.54, 1.807) is 13.1 Å². The topological polar surface area (TPSA) is 76.1 Å². The fraction of sp³-hybridized carbons (Fsp3) is 0.438. The zero-order valence-corrected chi connectivity index (χ0v) is 13.4. The number of ether oxygens (including phenoxy) is 1. The lowest BCUT2D eigenvalue weighted by Gasteiger charge is -2.43. The third-order valence-corrected chi connectivity index (χ3v) is 4.18. The van der Waals surface area contributed by atoms with E-state index in [-0.39, 0.29) is 16.9 Å². The first-order valence-electron chi connectivity index (χ1n) is 7.42. The van der Waals surface area contributed by atoms with Gasteiger partial charge >= 0.3 is 5.97 Å². The number of esters is 1. The Morgan fingerprint density at radius 3 is 2.65 bits per heavy atom. The van der Waals surface area contributed by atoms with Crippen molar-refractivity contribution in [2.75, 3.05) is 26.0 Å². The number of halogens is 1. The van der Waals surface area contributed by atoms with Crippen LogP contribution in [0.3, 0.4) is 0 Å². The maximum Gasteiger partial charge on any atom is 0.358 e. The standard InChI is InChI=1S/C16H21FN4O2/c1-4-11(17)14(18-2)16(8-5-9-16)10-19-13-7-6-12(20-21-13)15(22)23-3/h4,6-7,18H,1,5,8-10H2,2-3H3,(H,19,21)/b14-11+. The number of nitrogens with zero attached hydrogens (tertiary/aromatic N) is 2. The highest BCUT2D eigenvalue weighted by atomic mass is 19.1. The second kappa shape index (κ2) is 7.21. The van der Waals surface area contributed by atoms with Gasteiger partial charge in [-0.3, -0.25) is 0 Å². The number of rotatable bonds is 7. The summed E-state index contributed by atoms with van der Waals surface area (Å²) < 4.78 is 18.6. The summed E-state index contributed by atoms with van der Waals surface area (Å²) in [5, 5.41) is 13.9. The van der Waals surface area contributed by atoms with Gasteiger partial charge in [-0.15, -0.1) is 10.2 Å². The number of hydrogen-bond donors (Lipinski definition) is 2. The van der Waals surface area contributed by atoms with Gasteiger partial charge in [0.2, 0.25) is 0 Å². The second-order valence-corrected chi connectivity index (χ2v) is 5.46. The summed E-state index contributed by atoms with van der Waals surface area (Å²) in [7, 11) is 3.00. The normalized spacial score (nSPS) is 16.7. The summed E-state index contributed by atoms with van der Waals surface area (Å²) in [6.45, 7) is 4.02. The molecular weight excluding hydrogens is 299 g/mol. The van der Waals surface area contributed by atoms with Crippen LogP contribution >= 0.6 is 0 Å². The van der Waals surface area contributed by atoms with Gasteiger partial charge in [0.05, 0.1) is 12.8 Å². The Kier molecular flexibility index (Phi) is 5.31. The van der Waals surface area contributed by atoms with Crippen molar-refractivity contribution < 1.29 is 13.9 Å². The van der Waals surface area contributed by atoms with Gasteiger partial charge in [0, 0.05) is 19.0 Å². The van der Waals surface area contributed by atoms with Gasteiger partial charge in [0.25, 0.3) is 0 Å². The van der Waals surface area contributed by atoms with Crippen LogP contribution in [0.2, 0.25) is 0 Å². The minimum atomic E-state index is -0.534. The summed E-state index contributed by atoms with van der Waals surface area (Å²) in [5.41, 5.74) is 0.408. The van der Waals surface area contributed by atoms with Crippen LogP contribution in [0.4, 0.5) is 10.2 Å². The highest BCUT2D eigenvalue weighted by Crippen LogP contribution is 2.47. The van der Waals surface area contributed by atoms with Gasteiger partial charge in [-0.1, -0.05) is 13.0 Å². The zero-order chi connectivity index (χ0) is 16.9. The summed E-state index contributed by atoms with van der Waals surface area (Å²) in [6, 6.07) is 3.19. The lowest BCUT2D eigenvalue weighted by molar-refractivity contribution is 0.0592. The van der Waals surface area contributed by atoms with Crippen LogP contribution in [0.15, 0.2) is 36.3 Å². The van der Waals surface area contributed by atoms with Gasteiger partial charge < -0.3 is 15.4 Å². The molecule has 0 aliphatic heterocycles. The summed E-state index contributed by atoms with van der Waals surface area (Å²) >= 11 is 0. The monoisotopic (exact) mass is 320 g/mol. The first kappa shape index (κ1) is 16.9. The smallest absolute Gasteiger partial charge is 0.358 e. The maximum atomic E-state index is 14.0. The molecule has 1 saturated carbocycles. The lowest BCUT2D eigenvalue weighted by Crippen LogP contribution is -2.43. The molecule has 0 saturated heterocycles. The van der Waals surface area contributed by atoms with E-state index in [1.165, 1.54) is 19.3 Å². The van der Waals surface area contributed by atoms with E-state index in [0.717, 1.165) is 19.3 Å². The Labute approximate surface area is 134 Å². The van der Waals surface area contributed by atoms with Crippen molar-refractivity contribution in [1.82, 2.24) is 15.5 Å². The molecule has 1 heterocycles. The number of anilines is 1. The minimum absolute atomic E-state index is 0.143. The molecule has 1 aromatic rings. The number of carbonyl (C=O) groups is 1. The molecule has 7 heteroatoms. The molecule has 2 N–H and O–H groups in total. The molecule has 0 amide bonds. The van der Waals surface area contributed by atoms with E-state index in [2.05, 4.69) is 32.1 Å². The first-order valence-corrected chi connectivity index (χ1v) is 7.42. The average molecular weight is 320 g/mol. The van der Waals surface area contributed by atoms with Crippen LogP contribution in [0.5, 0.6) is 0 Å². The van der Waals surface area contributed by atoms with Crippen molar-refractivity contribution in [2.45, 2.75) is 19.3 Å². The Hall–Kier alpha value is -2.44. The van der Waals surface area contributed by atoms with Gasteiger partial charge in [-0.2, -0.15) is 0 Å². The minimum Gasteiger partial charge on any atom is -0.464 e. The van der Waals surface area contributed by atoms with Crippen molar-refractivity contribution in [3.05, 3.63) is 42.0 Å². The molecule has 0 radical (unpaired) electrons. The molecule has 0 spiro atoms. The molecule has 0 bridgehead atoms. The van der Waals surface area contributed by atoms with Gasteiger partial charge in [0.1, 0.15) is 11.6 Å². The first-order chi connectivity index (χ1) is 11.1. The third kappa shape index (κ3) is 3.49. The van der Waals surface area contributed by atoms with Crippen LogP contribution in [-0.4, -0.2) is 36.9 Å². The number of hydrogen-bond acceptors (Lipinski definition) is 6. The van der Waals surface area contributed by atoms with Crippen molar-refractivity contribution in [3.8, 4) is 0 Å². The summed E-state index contributed by atoms with van der Waals surface area (Å²) in [5.74, 6) is -0.340. The lowest BCUT2D eigenvalue weighted by atomic mass is 9.66. The van der Waals surface area contributed by atoms with Crippen molar-refractivity contribution in [1.29, 1.82) is 0 Å². The largest absolute Gasteiger partial charge is 0.464 e. The maximum absolute atomic E-state index is 14.0. The quantitative estimate of drug-likeness (QED) is 0.593. The number of carbonyl (C=O) groups excluding carboxylic acids is 1. The fourth-order valence-electron chi connectivity index (χ4n) is 2.76. The van der Waals surface area contributed by atoms with Crippen LogP contribution < -0.4 is 10.6 Å². The molecule has 1 aromatic heterocycles. The molecule has 1 aliphatic rings. The highest BCUT2D eigenvalue weighted by Gasteiger charge is 2.41. The van der Waals surface area contributed by atoms with Crippen LogP contribution in [0.1, 0.15) is 29.8 Å². The number of nitrogens with one attached hydrogen (secondary N) is 2. The van der Waals surface area contributed by atoms with Crippen molar-refractivity contribution in [3.63, 3.8) is 0 Å². The van der Waals surface area contributed by atoms with Gasteiger partial charge in [-0.25, -0.2) is 9.18 Å². The van der Waals surface area contributed by atoms with Crippen LogP contribution in [0, 0.1) is 5.41 Å². The molecule has 0 aromatic carbocycles. The molecule has 1 aliphatic carbocycles. The predicted octanol–water partition coefficient (Wildman–Crippen LogP) is 2.43. The van der Waals surface area contributed by atoms with E-state index in [4.69, 9.17) is 0 Å². The summed E-state index contributed by atoms with van der Waals surface area (Å²) in [6.07, 6.45) is 4.03. The van der Waals surface area contributed by atoms with E-state index < -0.39 is 5.97 Å². The van der Waals surface area contributed by atoms with E-state index in [0.29, 0.717) is 18.1 Å². The number of methoxy groups -OCH3 is 1. The zero-order valence-electron chi connectivity index (χ0n) is 13.4.